The van der Waals surface area contributed by atoms with Gasteiger partial charge < -0.3 is 24.5 Å². The topological polar surface area (TPSA) is 127 Å². The maximum absolute atomic E-state index is 15.0. The number of carbonyl (C=O) groups is 4. The van der Waals surface area contributed by atoms with E-state index in [1.807, 2.05) is 4.90 Å². The lowest BCUT2D eigenvalue weighted by atomic mass is 9.86. The number of hydrogen-bond acceptors (Lipinski definition) is 9. The fourth-order valence-corrected chi connectivity index (χ4v) is 11.5. The Morgan fingerprint density at radius 3 is 1.74 bits per heavy atom. The molecule has 0 bridgehead atoms. The molecule has 2 unspecified atom stereocenters. The van der Waals surface area contributed by atoms with Crippen LogP contribution in [-0.4, -0.2) is 143 Å². The van der Waals surface area contributed by atoms with Crippen molar-refractivity contribution in [2.45, 2.75) is 77.3 Å². The number of benzene rings is 2. The summed E-state index contributed by atoms with van der Waals surface area (Å²) >= 11 is 6.46. The van der Waals surface area contributed by atoms with Gasteiger partial charge in [-0.2, -0.15) is 45.9 Å². The van der Waals surface area contributed by atoms with Gasteiger partial charge in [-0.05, 0) is 92.6 Å². The number of hydrogen-bond donors (Lipinski definition) is 0. The van der Waals surface area contributed by atoms with Crippen LogP contribution in [-0.2, 0) is 41.5 Å². The first-order chi connectivity index (χ1) is 33.1. The lowest BCUT2D eigenvalue weighted by molar-refractivity contribution is -0.139. The van der Waals surface area contributed by atoms with E-state index in [1.54, 1.807) is 33.9 Å². The molecule has 7 heterocycles. The Balaban J connectivity index is 0.807. The lowest BCUT2D eigenvalue weighted by Crippen LogP contribution is -2.36. The smallest absolute Gasteiger partial charge is 0.371 e. The maximum atomic E-state index is 15.0. The molecule has 0 aliphatic carbocycles. The molecule has 22 heteroatoms. The quantitative estimate of drug-likeness (QED) is 0.155. The highest BCUT2D eigenvalue weighted by Gasteiger charge is 2.47. The molecule has 5 aliphatic rings. The van der Waals surface area contributed by atoms with E-state index in [2.05, 4.69) is 15.1 Å². The average Bonchev–Trinajstić information content (AvgIpc) is 4.17. The van der Waals surface area contributed by atoms with Gasteiger partial charge in [0, 0.05) is 108 Å². The van der Waals surface area contributed by atoms with E-state index < -0.39 is 41.8 Å². The van der Waals surface area contributed by atoms with Crippen LogP contribution in [0.5, 0.6) is 0 Å². The van der Waals surface area contributed by atoms with Crippen molar-refractivity contribution in [1.82, 2.24) is 39.2 Å². The van der Waals surface area contributed by atoms with Crippen LogP contribution in [0.4, 0.5) is 53.0 Å². The first kappa shape index (κ1) is 49.3. The van der Waals surface area contributed by atoms with Crippen molar-refractivity contribution in [3.05, 3.63) is 88.0 Å². The minimum absolute atomic E-state index is 0.0448. The highest BCUT2D eigenvalue weighted by atomic mass is 35.5. The van der Waals surface area contributed by atoms with Gasteiger partial charge in [-0.3, -0.25) is 19.4 Å². The second-order valence-corrected chi connectivity index (χ2v) is 20.4. The Morgan fingerprint density at radius 1 is 0.671 bits per heavy atom. The first-order valence-electron chi connectivity index (χ1n) is 23.6. The van der Waals surface area contributed by atoms with Crippen molar-refractivity contribution in [3.8, 4) is 0 Å². The summed E-state index contributed by atoms with van der Waals surface area (Å²) in [6.07, 6.45) is 0.152. The van der Waals surface area contributed by atoms with Crippen molar-refractivity contribution in [3.63, 3.8) is 0 Å². The van der Waals surface area contributed by atoms with Crippen LogP contribution in [0.1, 0.15) is 73.3 Å². The Morgan fingerprint density at radius 2 is 1.20 bits per heavy atom. The molecule has 0 radical (unpaired) electrons. The van der Waals surface area contributed by atoms with Gasteiger partial charge in [0.05, 0.1) is 53.7 Å². The van der Waals surface area contributed by atoms with Gasteiger partial charge >= 0.3 is 24.4 Å². The van der Waals surface area contributed by atoms with Gasteiger partial charge in [0.2, 0.25) is 11.8 Å². The number of rotatable bonds is 9. The van der Waals surface area contributed by atoms with E-state index in [9.17, 15) is 32.3 Å². The van der Waals surface area contributed by atoms with Crippen molar-refractivity contribution in [2.75, 3.05) is 94.2 Å². The number of halogens is 7. The molecular weight excluding hydrogens is 944 g/mol. The van der Waals surface area contributed by atoms with Crippen LogP contribution in [0.15, 0.2) is 55.1 Å². The van der Waals surface area contributed by atoms with E-state index >= 15 is 13.2 Å². The summed E-state index contributed by atoms with van der Waals surface area (Å²) in [6.45, 7) is 6.77. The molecule has 2 aromatic carbocycles. The van der Waals surface area contributed by atoms with Gasteiger partial charge in [-0.25, -0.2) is 9.59 Å². The Hall–Kier alpha value is -5.67. The number of anilines is 3. The molecule has 5 fully saturated rings. The van der Waals surface area contributed by atoms with Crippen molar-refractivity contribution >= 4 is 52.5 Å². The SMILES string of the molecule is CC(=O)N(C)c1cnn(C(=O)N2CCC3(CCN(Cc4cc(Cl)cc(CC(=O)N(C)c5cnn(C(=O)N6CCC7(CCN(Cc8ccc(N9CCCC9)c(C(F)(F)F)c8)C7)C6)c5)c4C(F)(F)F)C3)C2)c1. The van der Waals surface area contributed by atoms with Gasteiger partial charge in [0.25, 0.3) is 0 Å². The fraction of sp³-hybridized carbons (Fsp3) is 0.542. The summed E-state index contributed by atoms with van der Waals surface area (Å²) in [5.74, 6) is -0.896. The normalized spacial score (nSPS) is 22.1. The van der Waals surface area contributed by atoms with Gasteiger partial charge in [-0.1, -0.05) is 17.7 Å². The largest absolute Gasteiger partial charge is 0.418 e. The molecule has 5 aliphatic heterocycles. The number of alkyl halides is 6. The zero-order chi connectivity index (χ0) is 49.9. The van der Waals surface area contributed by atoms with Gasteiger partial charge in [-0.15, -0.1) is 0 Å². The van der Waals surface area contributed by atoms with Gasteiger partial charge in [0.15, 0.2) is 0 Å². The van der Waals surface area contributed by atoms with Crippen molar-refractivity contribution < 1.29 is 45.5 Å². The van der Waals surface area contributed by atoms with Crippen molar-refractivity contribution in [1.29, 1.82) is 0 Å². The van der Waals surface area contributed by atoms with Crippen LogP contribution < -0.4 is 14.7 Å². The third-order valence-electron chi connectivity index (χ3n) is 15.1. The molecule has 2 spiro atoms. The highest BCUT2D eigenvalue weighted by Crippen LogP contribution is 2.44. The lowest BCUT2D eigenvalue weighted by Gasteiger charge is -2.26. The molecule has 2 atom stereocenters. The number of nitrogens with zero attached hydrogens (tertiary/aromatic N) is 11. The fourth-order valence-electron chi connectivity index (χ4n) is 11.3. The molecule has 9 rings (SSSR count). The first-order valence-corrected chi connectivity index (χ1v) is 23.9. The Labute approximate surface area is 406 Å². The third-order valence-corrected chi connectivity index (χ3v) is 15.3. The van der Waals surface area contributed by atoms with Crippen LogP contribution in [0.3, 0.4) is 0 Å². The predicted octanol–water partition coefficient (Wildman–Crippen LogP) is 7.69. The molecule has 0 N–H and O–H groups in total. The minimum Gasteiger partial charge on any atom is -0.371 e. The zero-order valence-electron chi connectivity index (χ0n) is 39.3. The molecule has 15 nitrogen and oxygen atoms in total. The van der Waals surface area contributed by atoms with Crippen LogP contribution in [0.2, 0.25) is 5.02 Å². The summed E-state index contributed by atoms with van der Waals surface area (Å²) in [7, 11) is 2.98. The minimum atomic E-state index is -4.82. The number of likely N-dealkylation sites (N-methyl/N-ethyl adjacent to an activating group) is 1. The molecule has 0 saturated carbocycles. The summed E-state index contributed by atoms with van der Waals surface area (Å²) < 4.78 is 89.8. The summed E-state index contributed by atoms with van der Waals surface area (Å²) in [6, 6.07) is 6.28. The number of likely N-dealkylation sites (tertiary alicyclic amines) is 4. The molecule has 4 amide bonds. The third kappa shape index (κ3) is 10.1. The van der Waals surface area contributed by atoms with Crippen molar-refractivity contribution in [2.24, 2.45) is 10.8 Å². The summed E-state index contributed by atoms with van der Waals surface area (Å²) in [5, 5.41) is 8.40. The van der Waals surface area contributed by atoms with E-state index in [1.165, 1.54) is 60.5 Å². The number of carbonyl (C=O) groups excluding carboxylic acids is 4. The average molecular weight is 1000 g/mol. The second-order valence-electron chi connectivity index (χ2n) is 20.0. The zero-order valence-corrected chi connectivity index (χ0v) is 40.1. The van der Waals surface area contributed by atoms with Gasteiger partial charge in [0.1, 0.15) is 0 Å². The predicted molar refractivity (Wildman–Crippen MR) is 249 cm³/mol. The molecule has 5 saturated heterocycles. The van der Waals surface area contributed by atoms with Crippen LogP contribution >= 0.6 is 11.6 Å². The Bertz CT molecular complexity index is 2670. The molecular formula is C48H56ClF6N11O4. The number of aromatic nitrogens is 4. The second kappa shape index (κ2) is 18.8. The summed E-state index contributed by atoms with van der Waals surface area (Å²) in [4.78, 5) is 64.3. The molecule has 4 aromatic rings. The maximum Gasteiger partial charge on any atom is 0.418 e. The van der Waals surface area contributed by atoms with Crippen LogP contribution in [0, 0.1) is 10.8 Å². The van der Waals surface area contributed by atoms with E-state index in [0.29, 0.717) is 103 Å². The van der Waals surface area contributed by atoms with E-state index in [0.717, 1.165) is 34.9 Å². The van der Waals surface area contributed by atoms with Crippen LogP contribution in [0.25, 0.3) is 0 Å². The molecule has 2 aromatic heterocycles. The highest BCUT2D eigenvalue weighted by molar-refractivity contribution is 6.30. The standard InChI is InChI=1S/C48H56ClF6N11O4/c1-32(67)58(2)37-22-56-65(26-37)43(69)64-17-11-46(31-64)9-15-61(29-46)25-35-20-36(49)19-34(42(35)48(53,54)55)21-41(68)59(3)38-23-57-66(27-38)44(70)63-16-10-45(30-63)8-14-60(28-45)24-33-6-7-40(62-12-4-5-13-62)39(18-33)47(50,51)52/h6-7,18-20,22-23,26-27H,4-5,8-17,21,24-25,28-31H2,1-3H3. The summed E-state index contributed by atoms with van der Waals surface area (Å²) in [5.41, 5.74) is -1.02. The molecule has 70 heavy (non-hydrogen) atoms. The Kier molecular flexibility index (Phi) is 13.3. The molecule has 376 valence electrons. The monoisotopic (exact) mass is 999 g/mol. The van der Waals surface area contributed by atoms with E-state index in [-0.39, 0.29) is 56.8 Å². The van der Waals surface area contributed by atoms with E-state index in [4.69, 9.17) is 11.6 Å². The number of amides is 4.